The highest BCUT2D eigenvalue weighted by molar-refractivity contribution is 6.31. The van der Waals surface area contributed by atoms with E-state index in [9.17, 15) is 0 Å². The average molecular weight is 290 g/mol. The van der Waals surface area contributed by atoms with Crippen molar-refractivity contribution in [1.29, 1.82) is 0 Å². The Morgan fingerprint density at radius 3 is 2.40 bits per heavy atom. The normalized spacial score (nSPS) is 12.5. The standard InChI is InChI=1S/C17H20ClNO/c1-11(2)20-15-6-4-5-13(10-15)17(19)14-7-8-16(18)12(3)9-14/h4-11,17H,19H2,1-3H3. The second-order valence-electron chi connectivity index (χ2n) is 5.23. The molecule has 0 aromatic heterocycles. The minimum absolute atomic E-state index is 0.152. The molecule has 0 fully saturated rings. The Kier molecular flexibility index (Phi) is 4.69. The fourth-order valence-corrected chi connectivity index (χ4v) is 2.22. The largest absolute Gasteiger partial charge is 0.491 e. The van der Waals surface area contributed by atoms with Crippen LogP contribution in [0.5, 0.6) is 5.75 Å². The first-order valence-electron chi connectivity index (χ1n) is 6.75. The molecule has 20 heavy (non-hydrogen) atoms. The van der Waals surface area contributed by atoms with Crippen LogP contribution in [0.25, 0.3) is 0 Å². The minimum atomic E-state index is -0.179. The summed E-state index contributed by atoms with van der Waals surface area (Å²) in [6.07, 6.45) is 0.152. The van der Waals surface area contributed by atoms with Gasteiger partial charge in [0.1, 0.15) is 5.75 Å². The van der Waals surface area contributed by atoms with Crippen LogP contribution < -0.4 is 10.5 Å². The van der Waals surface area contributed by atoms with E-state index in [0.717, 1.165) is 27.5 Å². The number of rotatable bonds is 4. The van der Waals surface area contributed by atoms with E-state index in [4.69, 9.17) is 22.1 Å². The van der Waals surface area contributed by atoms with Gasteiger partial charge in [0.05, 0.1) is 12.1 Å². The van der Waals surface area contributed by atoms with Gasteiger partial charge in [0.25, 0.3) is 0 Å². The Bertz CT molecular complexity index is 595. The van der Waals surface area contributed by atoms with Gasteiger partial charge < -0.3 is 10.5 Å². The number of halogens is 1. The summed E-state index contributed by atoms with van der Waals surface area (Å²) in [6, 6.07) is 13.6. The Morgan fingerprint density at radius 1 is 1.05 bits per heavy atom. The quantitative estimate of drug-likeness (QED) is 0.900. The second kappa shape index (κ2) is 6.29. The summed E-state index contributed by atoms with van der Waals surface area (Å²) in [5, 5.41) is 0.762. The van der Waals surface area contributed by atoms with E-state index in [2.05, 4.69) is 0 Å². The van der Waals surface area contributed by atoms with E-state index in [0.29, 0.717) is 0 Å². The van der Waals surface area contributed by atoms with E-state index in [-0.39, 0.29) is 12.1 Å². The SMILES string of the molecule is Cc1cc(C(N)c2cccc(OC(C)C)c2)ccc1Cl. The monoisotopic (exact) mass is 289 g/mol. The third-order valence-electron chi connectivity index (χ3n) is 3.13. The molecule has 2 aromatic carbocycles. The Hall–Kier alpha value is -1.51. The molecule has 0 saturated carbocycles. The number of nitrogens with two attached hydrogens (primary N) is 1. The number of aryl methyl sites for hydroxylation is 1. The molecule has 0 aliphatic carbocycles. The van der Waals surface area contributed by atoms with Crippen molar-refractivity contribution in [3.8, 4) is 5.75 Å². The summed E-state index contributed by atoms with van der Waals surface area (Å²) in [6.45, 7) is 6.00. The predicted octanol–water partition coefficient (Wildman–Crippen LogP) is 4.48. The van der Waals surface area contributed by atoms with Crippen LogP contribution in [0.1, 0.15) is 36.6 Å². The van der Waals surface area contributed by atoms with Crippen LogP contribution in [-0.2, 0) is 0 Å². The maximum atomic E-state index is 6.34. The number of ether oxygens (including phenoxy) is 1. The Labute approximate surface area is 125 Å². The molecule has 1 atom stereocenters. The fraction of sp³-hybridized carbons (Fsp3) is 0.294. The third kappa shape index (κ3) is 3.53. The first-order valence-corrected chi connectivity index (χ1v) is 7.13. The van der Waals surface area contributed by atoms with Gasteiger partial charge in [-0.05, 0) is 55.7 Å². The lowest BCUT2D eigenvalue weighted by atomic mass is 9.98. The molecule has 0 bridgehead atoms. The first-order chi connectivity index (χ1) is 9.47. The minimum Gasteiger partial charge on any atom is -0.491 e. The van der Waals surface area contributed by atoms with Crippen LogP contribution in [-0.4, -0.2) is 6.10 Å². The van der Waals surface area contributed by atoms with Gasteiger partial charge >= 0.3 is 0 Å². The average Bonchev–Trinajstić information content (AvgIpc) is 2.40. The Morgan fingerprint density at radius 2 is 1.75 bits per heavy atom. The molecule has 2 aromatic rings. The molecule has 0 aliphatic rings. The van der Waals surface area contributed by atoms with Crippen LogP contribution in [0.15, 0.2) is 42.5 Å². The van der Waals surface area contributed by atoms with Gasteiger partial charge in [-0.3, -0.25) is 0 Å². The van der Waals surface area contributed by atoms with Crippen LogP contribution in [0.3, 0.4) is 0 Å². The van der Waals surface area contributed by atoms with Crippen molar-refractivity contribution in [3.05, 3.63) is 64.2 Å². The summed E-state index contributed by atoms with van der Waals surface area (Å²) >= 11 is 6.05. The maximum absolute atomic E-state index is 6.34. The zero-order chi connectivity index (χ0) is 14.7. The third-order valence-corrected chi connectivity index (χ3v) is 3.55. The zero-order valence-electron chi connectivity index (χ0n) is 12.1. The summed E-state index contributed by atoms with van der Waals surface area (Å²) in [7, 11) is 0. The second-order valence-corrected chi connectivity index (χ2v) is 5.63. The van der Waals surface area contributed by atoms with Crippen LogP contribution >= 0.6 is 11.6 Å². The van der Waals surface area contributed by atoms with E-state index >= 15 is 0 Å². The van der Waals surface area contributed by atoms with Gasteiger partial charge in [-0.15, -0.1) is 0 Å². The lowest BCUT2D eigenvalue weighted by Gasteiger charge is -2.16. The molecule has 106 valence electrons. The smallest absolute Gasteiger partial charge is 0.120 e. The van der Waals surface area contributed by atoms with Crippen molar-refractivity contribution in [2.24, 2.45) is 5.73 Å². The molecular weight excluding hydrogens is 270 g/mol. The van der Waals surface area contributed by atoms with E-state index in [1.165, 1.54) is 0 Å². The van der Waals surface area contributed by atoms with E-state index in [1.807, 2.05) is 63.2 Å². The number of hydrogen-bond donors (Lipinski definition) is 1. The van der Waals surface area contributed by atoms with Crippen molar-refractivity contribution in [2.45, 2.75) is 32.9 Å². The first kappa shape index (κ1) is 14.9. The fourth-order valence-electron chi connectivity index (χ4n) is 2.11. The molecule has 3 heteroatoms. The molecule has 0 saturated heterocycles. The number of hydrogen-bond acceptors (Lipinski definition) is 2. The van der Waals surface area contributed by atoms with Gasteiger partial charge in [-0.1, -0.05) is 35.9 Å². The topological polar surface area (TPSA) is 35.2 Å². The van der Waals surface area contributed by atoms with Gasteiger partial charge in [-0.25, -0.2) is 0 Å². The molecule has 0 radical (unpaired) electrons. The predicted molar refractivity (Wildman–Crippen MR) is 84.4 cm³/mol. The van der Waals surface area contributed by atoms with E-state index in [1.54, 1.807) is 0 Å². The highest BCUT2D eigenvalue weighted by atomic mass is 35.5. The van der Waals surface area contributed by atoms with E-state index < -0.39 is 0 Å². The molecular formula is C17H20ClNO. The van der Waals surface area contributed by atoms with Crippen LogP contribution in [0, 0.1) is 6.92 Å². The summed E-state index contributed by atoms with van der Waals surface area (Å²) in [5.74, 6) is 0.846. The molecule has 1 unspecified atom stereocenters. The van der Waals surface area contributed by atoms with Crippen molar-refractivity contribution < 1.29 is 4.74 Å². The summed E-state index contributed by atoms with van der Waals surface area (Å²) < 4.78 is 5.71. The van der Waals surface area contributed by atoms with Gasteiger partial charge in [0, 0.05) is 5.02 Å². The van der Waals surface area contributed by atoms with Crippen molar-refractivity contribution in [3.63, 3.8) is 0 Å². The lowest BCUT2D eigenvalue weighted by Crippen LogP contribution is -2.13. The molecule has 2 N–H and O–H groups in total. The molecule has 0 spiro atoms. The summed E-state index contributed by atoms with van der Waals surface area (Å²) in [5.41, 5.74) is 9.45. The van der Waals surface area contributed by atoms with Gasteiger partial charge in [0.15, 0.2) is 0 Å². The highest BCUT2D eigenvalue weighted by Crippen LogP contribution is 2.26. The molecule has 2 nitrogen and oxygen atoms in total. The lowest BCUT2D eigenvalue weighted by molar-refractivity contribution is 0.242. The number of benzene rings is 2. The van der Waals surface area contributed by atoms with Crippen LogP contribution in [0.4, 0.5) is 0 Å². The maximum Gasteiger partial charge on any atom is 0.120 e. The van der Waals surface area contributed by atoms with Crippen molar-refractivity contribution in [2.75, 3.05) is 0 Å². The zero-order valence-corrected chi connectivity index (χ0v) is 12.8. The van der Waals surface area contributed by atoms with Crippen LogP contribution in [0.2, 0.25) is 5.02 Å². The van der Waals surface area contributed by atoms with Gasteiger partial charge in [0.2, 0.25) is 0 Å². The summed E-state index contributed by atoms with van der Waals surface area (Å²) in [4.78, 5) is 0. The Balaban J connectivity index is 2.28. The van der Waals surface area contributed by atoms with Gasteiger partial charge in [-0.2, -0.15) is 0 Å². The molecule has 0 aliphatic heterocycles. The van der Waals surface area contributed by atoms with Crippen molar-refractivity contribution >= 4 is 11.6 Å². The molecule has 0 heterocycles. The highest BCUT2D eigenvalue weighted by Gasteiger charge is 2.11. The molecule has 2 rings (SSSR count). The molecule has 0 amide bonds. The van der Waals surface area contributed by atoms with Crippen molar-refractivity contribution in [1.82, 2.24) is 0 Å².